The number of carbonyl (C=O) groups excluding carboxylic acids is 2. The number of aliphatic hydroxyl groups excluding tert-OH is 2. The molecule has 2 fully saturated rings. The molecule has 1 aliphatic carbocycles. The Hall–Kier alpha value is -2.19. The summed E-state index contributed by atoms with van der Waals surface area (Å²) in [5.74, 6) is 1.47. The summed E-state index contributed by atoms with van der Waals surface area (Å²) in [6.07, 6.45) is 4.50. The quantitative estimate of drug-likeness (QED) is 0.793. The molecular weight excluding hydrogens is 338 g/mol. The van der Waals surface area contributed by atoms with Crippen LogP contribution in [0.15, 0.2) is 23.2 Å². The van der Waals surface area contributed by atoms with E-state index in [0.29, 0.717) is 5.92 Å². The van der Waals surface area contributed by atoms with E-state index in [9.17, 15) is 19.8 Å². The molecule has 2 N–H and O–H groups in total. The zero-order valence-electron chi connectivity index (χ0n) is 15.3. The molecule has 1 aromatic rings. The molecule has 0 bridgehead atoms. The van der Waals surface area contributed by atoms with Crippen LogP contribution in [0.1, 0.15) is 57.6 Å². The van der Waals surface area contributed by atoms with Gasteiger partial charge in [-0.3, -0.25) is 4.90 Å². The van der Waals surface area contributed by atoms with Crippen LogP contribution in [0.3, 0.4) is 0 Å². The molecule has 2 amide bonds. The van der Waals surface area contributed by atoms with Gasteiger partial charge in [-0.05, 0) is 26.7 Å². The Balaban J connectivity index is 0.000000552. The summed E-state index contributed by atoms with van der Waals surface area (Å²) < 4.78 is 5.37. The van der Waals surface area contributed by atoms with Gasteiger partial charge < -0.3 is 19.5 Å². The van der Waals surface area contributed by atoms with Crippen molar-refractivity contribution in [1.29, 1.82) is 0 Å². The van der Waals surface area contributed by atoms with Crippen LogP contribution in [-0.4, -0.2) is 51.1 Å². The van der Waals surface area contributed by atoms with Gasteiger partial charge in [-0.15, -0.1) is 6.58 Å². The Morgan fingerprint density at radius 2 is 1.92 bits per heavy atom. The molecule has 1 saturated carbocycles. The summed E-state index contributed by atoms with van der Waals surface area (Å²) >= 11 is 0. The van der Waals surface area contributed by atoms with Crippen LogP contribution in [-0.2, 0) is 4.79 Å². The summed E-state index contributed by atoms with van der Waals surface area (Å²) in [5, 5.41) is 24.0. The second-order valence-corrected chi connectivity index (χ2v) is 6.75. The number of hydrogen-bond donors (Lipinski definition) is 2. The summed E-state index contributed by atoms with van der Waals surface area (Å²) in [5.41, 5.74) is 0. The van der Waals surface area contributed by atoms with Crippen LogP contribution >= 0.6 is 0 Å². The lowest BCUT2D eigenvalue weighted by molar-refractivity contribution is -0.115. The molecule has 8 nitrogen and oxygen atoms in total. The average molecular weight is 365 g/mol. The molecular formula is C18H27N3O5. The summed E-state index contributed by atoms with van der Waals surface area (Å²) in [6, 6.07) is 1.18. The standard InChI is InChI=1S/C15H21N3O4.C3H6O/c1-2-8-17-13(19)14(20)18(15(17)21)12-9-11(22-16-12)10-6-4-3-5-7-10;1-3(2)4/h2,9-10,13-14,19-20H,1,3-8H2;1-2H3. The molecule has 2 heterocycles. The molecule has 8 heteroatoms. The Kier molecular flexibility index (Phi) is 6.93. The van der Waals surface area contributed by atoms with E-state index in [2.05, 4.69) is 11.7 Å². The van der Waals surface area contributed by atoms with Crippen molar-refractivity contribution < 1.29 is 24.3 Å². The predicted octanol–water partition coefficient (Wildman–Crippen LogP) is 2.38. The van der Waals surface area contributed by atoms with Crippen molar-refractivity contribution in [2.24, 2.45) is 0 Å². The third kappa shape index (κ3) is 4.50. The fourth-order valence-electron chi connectivity index (χ4n) is 3.19. The average Bonchev–Trinajstić information content (AvgIpc) is 3.15. The Labute approximate surface area is 153 Å². The highest BCUT2D eigenvalue weighted by molar-refractivity contribution is 5.94. The van der Waals surface area contributed by atoms with Crippen LogP contribution in [0.4, 0.5) is 10.6 Å². The largest absolute Gasteiger partial charge is 0.369 e. The maximum absolute atomic E-state index is 12.3. The molecule has 2 atom stereocenters. The Bertz CT molecular complexity index is 635. The van der Waals surface area contributed by atoms with Gasteiger partial charge in [0.25, 0.3) is 0 Å². The van der Waals surface area contributed by atoms with Gasteiger partial charge in [0, 0.05) is 18.5 Å². The lowest BCUT2D eigenvalue weighted by Gasteiger charge is -2.18. The van der Waals surface area contributed by atoms with Gasteiger partial charge in [-0.2, -0.15) is 0 Å². The number of ketones is 1. The maximum atomic E-state index is 12.3. The summed E-state index contributed by atoms with van der Waals surface area (Å²) in [4.78, 5) is 23.9. The van der Waals surface area contributed by atoms with E-state index in [4.69, 9.17) is 4.52 Å². The number of amides is 2. The summed E-state index contributed by atoms with van der Waals surface area (Å²) in [6.45, 7) is 6.75. The van der Waals surface area contributed by atoms with Crippen LogP contribution in [0.2, 0.25) is 0 Å². The topological polar surface area (TPSA) is 107 Å². The minimum atomic E-state index is -1.36. The van der Waals surface area contributed by atoms with Crippen LogP contribution in [0.5, 0.6) is 0 Å². The van der Waals surface area contributed by atoms with Crippen LogP contribution in [0, 0.1) is 0 Å². The molecule has 1 aliphatic heterocycles. The van der Waals surface area contributed by atoms with Crippen molar-refractivity contribution in [3.8, 4) is 0 Å². The molecule has 26 heavy (non-hydrogen) atoms. The van der Waals surface area contributed by atoms with Gasteiger partial charge in [0.1, 0.15) is 11.5 Å². The lowest BCUT2D eigenvalue weighted by Crippen LogP contribution is -2.37. The van der Waals surface area contributed by atoms with Gasteiger partial charge in [0.2, 0.25) is 0 Å². The second kappa shape index (κ2) is 8.95. The van der Waals surface area contributed by atoms with E-state index in [-0.39, 0.29) is 18.1 Å². The lowest BCUT2D eigenvalue weighted by atomic mass is 9.87. The molecule has 2 unspecified atom stereocenters. The van der Waals surface area contributed by atoms with Crippen molar-refractivity contribution in [1.82, 2.24) is 10.1 Å². The molecule has 1 aromatic heterocycles. The van der Waals surface area contributed by atoms with Crippen molar-refractivity contribution in [2.75, 3.05) is 11.4 Å². The number of nitrogens with zero attached hydrogens (tertiary/aromatic N) is 3. The zero-order valence-corrected chi connectivity index (χ0v) is 15.3. The van der Waals surface area contributed by atoms with Crippen LogP contribution < -0.4 is 4.90 Å². The number of aliphatic hydroxyl groups is 2. The number of anilines is 1. The van der Waals surface area contributed by atoms with Crippen molar-refractivity contribution in [3.63, 3.8) is 0 Å². The van der Waals surface area contributed by atoms with Crippen LogP contribution in [0.25, 0.3) is 0 Å². The fraction of sp³-hybridized carbons (Fsp3) is 0.611. The van der Waals surface area contributed by atoms with Gasteiger partial charge >= 0.3 is 6.03 Å². The number of aromatic nitrogens is 1. The smallest absolute Gasteiger partial charge is 0.330 e. The molecule has 0 radical (unpaired) electrons. The van der Waals surface area contributed by atoms with Gasteiger partial charge in [-0.1, -0.05) is 30.5 Å². The third-order valence-electron chi connectivity index (χ3n) is 4.40. The van der Waals surface area contributed by atoms with E-state index in [1.54, 1.807) is 6.07 Å². The number of hydrogen-bond acceptors (Lipinski definition) is 6. The first-order valence-electron chi connectivity index (χ1n) is 8.87. The Morgan fingerprint density at radius 3 is 2.50 bits per heavy atom. The molecule has 3 rings (SSSR count). The van der Waals surface area contributed by atoms with Gasteiger partial charge in [-0.25, -0.2) is 9.69 Å². The van der Waals surface area contributed by atoms with Gasteiger partial charge in [0.15, 0.2) is 18.3 Å². The van der Waals surface area contributed by atoms with E-state index in [0.717, 1.165) is 41.2 Å². The first kappa shape index (κ1) is 20.1. The normalized spacial score (nSPS) is 23.6. The highest BCUT2D eigenvalue weighted by Gasteiger charge is 2.45. The van der Waals surface area contributed by atoms with E-state index < -0.39 is 18.5 Å². The molecule has 2 aliphatic rings. The minimum Gasteiger partial charge on any atom is -0.369 e. The van der Waals surface area contributed by atoms with E-state index in [1.807, 2.05) is 0 Å². The predicted molar refractivity (Wildman–Crippen MR) is 95.5 cm³/mol. The fourth-order valence-corrected chi connectivity index (χ4v) is 3.19. The van der Waals surface area contributed by atoms with Crippen molar-refractivity contribution in [3.05, 3.63) is 24.5 Å². The molecule has 0 aromatic carbocycles. The molecule has 0 spiro atoms. The SMILES string of the molecule is C=CCN1C(=O)N(c2cc(C3CCCCC3)on2)C(O)C1O.CC(C)=O. The first-order chi connectivity index (χ1) is 12.4. The summed E-state index contributed by atoms with van der Waals surface area (Å²) in [7, 11) is 0. The monoisotopic (exact) mass is 365 g/mol. The second-order valence-electron chi connectivity index (χ2n) is 6.75. The number of rotatable bonds is 4. The molecule has 1 saturated heterocycles. The van der Waals surface area contributed by atoms with Gasteiger partial charge in [0.05, 0.1) is 0 Å². The van der Waals surface area contributed by atoms with E-state index >= 15 is 0 Å². The Morgan fingerprint density at radius 1 is 1.31 bits per heavy atom. The number of urea groups is 1. The van der Waals surface area contributed by atoms with E-state index in [1.165, 1.54) is 26.3 Å². The minimum absolute atomic E-state index is 0.154. The van der Waals surface area contributed by atoms with Crippen molar-refractivity contribution >= 4 is 17.6 Å². The zero-order chi connectivity index (χ0) is 19.3. The number of Topliss-reactive ketones (excluding diaryl/α,β-unsaturated/α-hetero) is 1. The highest BCUT2D eigenvalue weighted by atomic mass is 16.5. The van der Waals surface area contributed by atoms with Crippen molar-refractivity contribution in [2.45, 2.75) is 64.3 Å². The third-order valence-corrected chi connectivity index (χ3v) is 4.40. The first-order valence-corrected chi connectivity index (χ1v) is 8.87. The highest BCUT2D eigenvalue weighted by Crippen LogP contribution is 2.35. The molecule has 144 valence electrons. The maximum Gasteiger partial charge on any atom is 0.330 e. The number of carbonyl (C=O) groups is 2.